The van der Waals surface area contributed by atoms with Crippen LogP contribution in [0.15, 0.2) is 29.1 Å². The number of carboxylic acids is 1. The quantitative estimate of drug-likeness (QED) is 0.860. The second-order valence-electron chi connectivity index (χ2n) is 4.53. The Morgan fingerprint density at radius 1 is 1.47 bits per heavy atom. The molecular formula is C13H15N3O3. The van der Waals surface area contributed by atoms with Crippen molar-refractivity contribution in [2.24, 2.45) is 5.92 Å². The van der Waals surface area contributed by atoms with Crippen LogP contribution in [-0.2, 0) is 4.79 Å². The van der Waals surface area contributed by atoms with Crippen molar-refractivity contribution in [3.63, 3.8) is 0 Å². The predicted octanol–water partition coefficient (Wildman–Crippen LogP) is 1.08. The molecule has 2 rings (SSSR count). The lowest BCUT2D eigenvalue weighted by atomic mass is 10.2. The molecule has 1 atom stereocenters. The smallest absolute Gasteiger partial charge is 0.308 e. The summed E-state index contributed by atoms with van der Waals surface area (Å²) in [6.07, 6.45) is 0. The van der Waals surface area contributed by atoms with Crippen LogP contribution in [0.4, 0.5) is 5.95 Å². The Labute approximate surface area is 109 Å². The highest BCUT2D eigenvalue weighted by Gasteiger charge is 2.15. The van der Waals surface area contributed by atoms with Gasteiger partial charge in [-0.3, -0.25) is 14.6 Å². The monoisotopic (exact) mass is 261 g/mol. The number of anilines is 1. The Hall–Kier alpha value is -2.37. The molecule has 1 heterocycles. The number of hydrogen-bond acceptors (Lipinski definition) is 4. The summed E-state index contributed by atoms with van der Waals surface area (Å²) in [5.74, 6) is -1.05. The van der Waals surface area contributed by atoms with Crippen molar-refractivity contribution < 1.29 is 9.90 Å². The van der Waals surface area contributed by atoms with Crippen LogP contribution >= 0.6 is 0 Å². The van der Waals surface area contributed by atoms with Gasteiger partial charge in [0.2, 0.25) is 5.95 Å². The van der Waals surface area contributed by atoms with Crippen molar-refractivity contribution in [3.05, 3.63) is 34.6 Å². The highest BCUT2D eigenvalue weighted by molar-refractivity contribution is 5.78. The maximum Gasteiger partial charge on any atom is 0.308 e. The summed E-state index contributed by atoms with van der Waals surface area (Å²) < 4.78 is 0. The second-order valence-corrected chi connectivity index (χ2v) is 4.53. The number of fused-ring (bicyclic) bond motifs is 1. The van der Waals surface area contributed by atoms with Gasteiger partial charge in [-0.15, -0.1) is 0 Å². The van der Waals surface area contributed by atoms with Crippen LogP contribution in [0.25, 0.3) is 10.9 Å². The molecule has 0 saturated carbocycles. The van der Waals surface area contributed by atoms with E-state index in [0.29, 0.717) is 16.9 Å². The van der Waals surface area contributed by atoms with Crippen molar-refractivity contribution in [1.82, 2.24) is 9.97 Å². The molecule has 0 aliphatic heterocycles. The molecular weight excluding hydrogens is 246 g/mol. The largest absolute Gasteiger partial charge is 0.481 e. The molecule has 0 radical (unpaired) electrons. The van der Waals surface area contributed by atoms with Crippen LogP contribution in [0, 0.1) is 5.92 Å². The molecule has 19 heavy (non-hydrogen) atoms. The number of H-pyrrole nitrogens is 1. The zero-order chi connectivity index (χ0) is 14.0. The molecule has 0 fully saturated rings. The number of carboxylic acid groups (broad SMARTS) is 1. The number of para-hydroxylation sites is 1. The maximum absolute atomic E-state index is 11.9. The lowest BCUT2D eigenvalue weighted by Crippen LogP contribution is -2.31. The molecule has 100 valence electrons. The van der Waals surface area contributed by atoms with Crippen LogP contribution < -0.4 is 10.5 Å². The first-order chi connectivity index (χ1) is 8.99. The van der Waals surface area contributed by atoms with Gasteiger partial charge >= 0.3 is 5.97 Å². The SMILES string of the molecule is CC(CN(C)c1nc2ccccc2c(=O)[nH]1)C(=O)O. The van der Waals surface area contributed by atoms with E-state index in [0.717, 1.165) is 0 Å². The zero-order valence-electron chi connectivity index (χ0n) is 10.8. The predicted molar refractivity (Wildman–Crippen MR) is 72.4 cm³/mol. The molecule has 2 aromatic rings. The van der Waals surface area contributed by atoms with E-state index in [1.165, 1.54) is 0 Å². The van der Waals surface area contributed by atoms with Crippen molar-refractivity contribution in [2.45, 2.75) is 6.92 Å². The molecule has 2 N–H and O–H groups in total. The van der Waals surface area contributed by atoms with Crippen LogP contribution in [0.5, 0.6) is 0 Å². The van der Waals surface area contributed by atoms with E-state index in [-0.39, 0.29) is 12.1 Å². The van der Waals surface area contributed by atoms with Crippen LogP contribution in [-0.4, -0.2) is 34.6 Å². The van der Waals surface area contributed by atoms with Crippen molar-refractivity contribution >= 4 is 22.8 Å². The third kappa shape index (κ3) is 2.73. The van der Waals surface area contributed by atoms with Gasteiger partial charge in [-0.2, -0.15) is 0 Å². The number of hydrogen-bond donors (Lipinski definition) is 2. The van der Waals surface area contributed by atoms with Gasteiger partial charge in [-0.05, 0) is 12.1 Å². The average Bonchev–Trinajstić information content (AvgIpc) is 2.38. The molecule has 6 heteroatoms. The van der Waals surface area contributed by atoms with Crippen molar-refractivity contribution in [3.8, 4) is 0 Å². The van der Waals surface area contributed by atoms with Gasteiger partial charge in [0.15, 0.2) is 0 Å². The summed E-state index contributed by atoms with van der Waals surface area (Å²) in [5, 5.41) is 9.40. The highest BCUT2D eigenvalue weighted by atomic mass is 16.4. The number of aromatic nitrogens is 2. The molecule has 0 aliphatic rings. The van der Waals surface area contributed by atoms with Crippen molar-refractivity contribution in [2.75, 3.05) is 18.5 Å². The summed E-state index contributed by atoms with van der Waals surface area (Å²) in [7, 11) is 1.70. The number of nitrogens with zero attached hydrogens (tertiary/aromatic N) is 2. The third-order valence-electron chi connectivity index (χ3n) is 2.93. The average molecular weight is 261 g/mol. The summed E-state index contributed by atoms with van der Waals surface area (Å²) in [5.41, 5.74) is 0.367. The topological polar surface area (TPSA) is 86.3 Å². The molecule has 0 saturated heterocycles. The molecule has 0 spiro atoms. The van der Waals surface area contributed by atoms with Crippen LogP contribution in [0.1, 0.15) is 6.92 Å². The van der Waals surface area contributed by atoms with Gasteiger partial charge in [0.1, 0.15) is 0 Å². The van der Waals surface area contributed by atoms with Gasteiger partial charge in [-0.25, -0.2) is 4.98 Å². The fourth-order valence-corrected chi connectivity index (χ4v) is 1.83. The van der Waals surface area contributed by atoms with E-state index in [2.05, 4.69) is 9.97 Å². The van der Waals surface area contributed by atoms with E-state index in [9.17, 15) is 9.59 Å². The minimum absolute atomic E-state index is 0.226. The Morgan fingerprint density at radius 2 is 2.16 bits per heavy atom. The third-order valence-corrected chi connectivity index (χ3v) is 2.93. The van der Waals surface area contributed by atoms with Crippen LogP contribution in [0.2, 0.25) is 0 Å². The Kier molecular flexibility index (Phi) is 3.50. The van der Waals surface area contributed by atoms with E-state index in [4.69, 9.17) is 5.11 Å². The second kappa shape index (κ2) is 5.09. The minimum Gasteiger partial charge on any atom is -0.481 e. The molecule has 6 nitrogen and oxygen atoms in total. The molecule has 1 aromatic heterocycles. The lowest BCUT2D eigenvalue weighted by molar-refractivity contribution is -0.140. The number of carbonyl (C=O) groups is 1. The highest BCUT2D eigenvalue weighted by Crippen LogP contribution is 2.11. The summed E-state index contributed by atoms with van der Waals surface area (Å²) in [6, 6.07) is 7.03. The van der Waals surface area contributed by atoms with Gasteiger partial charge in [-0.1, -0.05) is 19.1 Å². The standard InChI is InChI=1S/C13H15N3O3/c1-8(12(18)19)7-16(2)13-14-10-6-4-3-5-9(10)11(17)15-13/h3-6,8H,7H2,1-2H3,(H,18,19)(H,14,15,17). The Morgan fingerprint density at radius 3 is 2.84 bits per heavy atom. The molecule has 0 bridgehead atoms. The first kappa shape index (κ1) is 13.1. The normalized spacial score (nSPS) is 12.3. The minimum atomic E-state index is -0.880. The first-order valence-corrected chi connectivity index (χ1v) is 5.92. The first-order valence-electron chi connectivity index (χ1n) is 5.92. The van der Waals surface area contributed by atoms with Gasteiger partial charge < -0.3 is 10.0 Å². The number of benzene rings is 1. The zero-order valence-corrected chi connectivity index (χ0v) is 10.8. The van der Waals surface area contributed by atoms with Crippen LogP contribution in [0.3, 0.4) is 0 Å². The molecule has 1 unspecified atom stereocenters. The van der Waals surface area contributed by atoms with Gasteiger partial charge in [0, 0.05) is 13.6 Å². The molecule has 0 amide bonds. The fourth-order valence-electron chi connectivity index (χ4n) is 1.83. The van der Waals surface area contributed by atoms with E-state index >= 15 is 0 Å². The Balaban J connectivity index is 2.35. The van der Waals surface area contributed by atoms with Gasteiger partial charge in [0.25, 0.3) is 5.56 Å². The number of nitrogens with one attached hydrogen (secondary N) is 1. The van der Waals surface area contributed by atoms with E-state index in [1.807, 2.05) is 0 Å². The molecule has 1 aromatic carbocycles. The van der Waals surface area contributed by atoms with Crippen molar-refractivity contribution in [1.29, 1.82) is 0 Å². The lowest BCUT2D eigenvalue weighted by Gasteiger charge is -2.19. The van der Waals surface area contributed by atoms with E-state index in [1.54, 1.807) is 43.1 Å². The Bertz CT molecular complexity index is 665. The number of rotatable bonds is 4. The summed E-state index contributed by atoms with van der Waals surface area (Å²) in [6.45, 7) is 1.88. The number of aromatic amines is 1. The number of aliphatic carboxylic acids is 1. The molecule has 0 aliphatic carbocycles. The van der Waals surface area contributed by atoms with Gasteiger partial charge in [0.05, 0.1) is 16.8 Å². The summed E-state index contributed by atoms with van der Waals surface area (Å²) in [4.78, 5) is 31.3. The summed E-state index contributed by atoms with van der Waals surface area (Å²) >= 11 is 0. The maximum atomic E-state index is 11.9. The fraction of sp³-hybridized carbons (Fsp3) is 0.308. The van der Waals surface area contributed by atoms with E-state index < -0.39 is 11.9 Å².